The number of nitrogens with zero attached hydrogens (tertiary/aromatic N) is 3. The van der Waals surface area contributed by atoms with E-state index < -0.39 is 0 Å². The Labute approximate surface area is 96.8 Å². The molecule has 1 aliphatic heterocycles. The Morgan fingerprint density at radius 2 is 2.25 bits per heavy atom. The van der Waals surface area contributed by atoms with Gasteiger partial charge in [-0.25, -0.2) is 0 Å². The third-order valence-corrected chi connectivity index (χ3v) is 2.75. The summed E-state index contributed by atoms with van der Waals surface area (Å²) in [6.07, 6.45) is 1.57. The van der Waals surface area contributed by atoms with Crippen LogP contribution in [0.2, 0.25) is 5.02 Å². The lowest BCUT2D eigenvalue weighted by molar-refractivity contribution is 0.308. The molecule has 2 aromatic rings. The van der Waals surface area contributed by atoms with E-state index in [0.29, 0.717) is 28.3 Å². The fourth-order valence-electron chi connectivity index (χ4n) is 1.48. The molecule has 1 saturated heterocycles. The van der Waals surface area contributed by atoms with E-state index in [-0.39, 0.29) is 0 Å². The largest absolute Gasteiger partial charge is 0.339 e. The molecule has 1 fully saturated rings. The summed E-state index contributed by atoms with van der Waals surface area (Å²) in [4.78, 5) is 8.44. The van der Waals surface area contributed by atoms with Crippen molar-refractivity contribution < 1.29 is 4.52 Å². The van der Waals surface area contributed by atoms with Gasteiger partial charge in [-0.1, -0.05) is 16.8 Å². The van der Waals surface area contributed by atoms with Crippen LogP contribution in [0.3, 0.4) is 0 Å². The van der Waals surface area contributed by atoms with Gasteiger partial charge in [0.1, 0.15) is 5.69 Å². The second kappa shape index (κ2) is 3.84. The van der Waals surface area contributed by atoms with Gasteiger partial charge in [0, 0.05) is 19.3 Å². The second-order valence-electron chi connectivity index (χ2n) is 3.67. The van der Waals surface area contributed by atoms with Crippen molar-refractivity contribution >= 4 is 11.6 Å². The van der Waals surface area contributed by atoms with Gasteiger partial charge in [0.25, 0.3) is 0 Å². The normalized spacial score (nSPS) is 16.1. The molecule has 6 heteroatoms. The van der Waals surface area contributed by atoms with Crippen LogP contribution < -0.4 is 5.32 Å². The zero-order valence-electron chi connectivity index (χ0n) is 8.35. The molecule has 0 aliphatic carbocycles. The molecule has 0 bridgehead atoms. The first-order valence-corrected chi connectivity index (χ1v) is 5.37. The van der Waals surface area contributed by atoms with E-state index in [1.54, 1.807) is 18.3 Å². The molecule has 0 amide bonds. The molecule has 1 N–H and O–H groups in total. The highest BCUT2D eigenvalue weighted by molar-refractivity contribution is 6.30. The summed E-state index contributed by atoms with van der Waals surface area (Å²) in [6.45, 7) is 1.80. The third-order valence-electron chi connectivity index (χ3n) is 2.53. The lowest BCUT2D eigenvalue weighted by Gasteiger charge is -2.22. The Kier molecular flexibility index (Phi) is 2.34. The molecule has 2 aromatic heterocycles. The Bertz CT molecular complexity index is 492. The number of halogens is 1. The summed E-state index contributed by atoms with van der Waals surface area (Å²) in [5.74, 6) is 1.53. The SMILES string of the molecule is Clc1ccc(-c2noc(C3CNC3)n2)nc1. The minimum absolute atomic E-state index is 0.341. The monoisotopic (exact) mass is 236 g/mol. The summed E-state index contributed by atoms with van der Waals surface area (Å²) in [5.41, 5.74) is 0.673. The average Bonchev–Trinajstić information content (AvgIpc) is 2.65. The van der Waals surface area contributed by atoms with Crippen molar-refractivity contribution in [1.29, 1.82) is 0 Å². The number of pyridine rings is 1. The second-order valence-corrected chi connectivity index (χ2v) is 4.11. The van der Waals surface area contributed by atoms with Gasteiger partial charge in [0.15, 0.2) is 0 Å². The fourth-order valence-corrected chi connectivity index (χ4v) is 1.59. The predicted molar refractivity (Wildman–Crippen MR) is 58.1 cm³/mol. The highest BCUT2D eigenvalue weighted by Crippen LogP contribution is 2.21. The highest BCUT2D eigenvalue weighted by atomic mass is 35.5. The molecular weight excluding hydrogens is 228 g/mol. The quantitative estimate of drug-likeness (QED) is 0.856. The molecule has 3 heterocycles. The smallest absolute Gasteiger partial charge is 0.232 e. The van der Waals surface area contributed by atoms with Crippen LogP contribution in [0.1, 0.15) is 11.8 Å². The van der Waals surface area contributed by atoms with E-state index in [1.165, 1.54) is 0 Å². The Morgan fingerprint density at radius 1 is 1.38 bits per heavy atom. The lowest BCUT2D eigenvalue weighted by Crippen LogP contribution is -2.40. The summed E-state index contributed by atoms with van der Waals surface area (Å²) in [6, 6.07) is 3.53. The predicted octanol–water partition coefficient (Wildman–Crippen LogP) is 1.47. The molecule has 5 nitrogen and oxygen atoms in total. The number of hydrogen-bond donors (Lipinski definition) is 1. The minimum atomic E-state index is 0.341. The van der Waals surface area contributed by atoms with E-state index >= 15 is 0 Å². The maximum absolute atomic E-state index is 5.75. The molecule has 3 rings (SSSR count). The zero-order valence-corrected chi connectivity index (χ0v) is 9.11. The van der Waals surface area contributed by atoms with Crippen molar-refractivity contribution in [3.05, 3.63) is 29.2 Å². The van der Waals surface area contributed by atoms with Crippen LogP contribution in [-0.4, -0.2) is 28.2 Å². The van der Waals surface area contributed by atoms with Crippen LogP contribution in [0, 0.1) is 0 Å². The Morgan fingerprint density at radius 3 is 2.88 bits per heavy atom. The van der Waals surface area contributed by atoms with Crippen molar-refractivity contribution in [3.8, 4) is 11.5 Å². The van der Waals surface area contributed by atoms with Crippen molar-refractivity contribution in [2.75, 3.05) is 13.1 Å². The third kappa shape index (κ3) is 1.68. The number of hydrogen-bond acceptors (Lipinski definition) is 5. The molecule has 0 spiro atoms. The molecular formula is C10H9ClN4O. The summed E-state index contributed by atoms with van der Waals surface area (Å²) < 4.78 is 5.18. The van der Waals surface area contributed by atoms with Gasteiger partial charge in [-0.3, -0.25) is 4.98 Å². The summed E-state index contributed by atoms with van der Waals surface area (Å²) in [5, 5.41) is 7.65. The van der Waals surface area contributed by atoms with Crippen molar-refractivity contribution in [3.63, 3.8) is 0 Å². The first kappa shape index (κ1) is 9.74. The number of aromatic nitrogens is 3. The Hall–Kier alpha value is -1.46. The molecule has 1 aliphatic rings. The van der Waals surface area contributed by atoms with Crippen LogP contribution >= 0.6 is 11.6 Å². The maximum Gasteiger partial charge on any atom is 0.232 e. The van der Waals surface area contributed by atoms with E-state index in [0.717, 1.165) is 13.1 Å². The average molecular weight is 237 g/mol. The number of nitrogens with one attached hydrogen (secondary N) is 1. The van der Waals surface area contributed by atoms with Crippen molar-refractivity contribution in [1.82, 2.24) is 20.4 Å². The highest BCUT2D eigenvalue weighted by Gasteiger charge is 2.25. The van der Waals surface area contributed by atoms with Crippen molar-refractivity contribution in [2.45, 2.75) is 5.92 Å². The topological polar surface area (TPSA) is 63.8 Å². The molecule has 0 atom stereocenters. The van der Waals surface area contributed by atoms with E-state index in [1.807, 2.05) is 0 Å². The van der Waals surface area contributed by atoms with Gasteiger partial charge in [0.05, 0.1) is 10.9 Å². The number of rotatable bonds is 2. The Balaban J connectivity index is 1.88. The van der Waals surface area contributed by atoms with Gasteiger partial charge in [-0.05, 0) is 12.1 Å². The minimum Gasteiger partial charge on any atom is -0.339 e. The summed E-state index contributed by atoms with van der Waals surface area (Å²) in [7, 11) is 0. The van der Waals surface area contributed by atoms with E-state index in [9.17, 15) is 0 Å². The van der Waals surface area contributed by atoms with Gasteiger partial charge < -0.3 is 9.84 Å². The fraction of sp³-hybridized carbons (Fsp3) is 0.300. The van der Waals surface area contributed by atoms with E-state index in [4.69, 9.17) is 16.1 Å². The van der Waals surface area contributed by atoms with Crippen LogP contribution in [0.4, 0.5) is 0 Å². The standard InChI is InChI=1S/C10H9ClN4O/c11-7-1-2-8(13-5-7)9-14-10(16-15-9)6-3-12-4-6/h1-2,5-6,12H,3-4H2. The first-order chi connectivity index (χ1) is 7.83. The lowest BCUT2D eigenvalue weighted by atomic mass is 10.0. The van der Waals surface area contributed by atoms with Gasteiger partial charge >= 0.3 is 0 Å². The van der Waals surface area contributed by atoms with Crippen molar-refractivity contribution in [2.24, 2.45) is 0 Å². The van der Waals surface area contributed by atoms with Crippen LogP contribution in [0.25, 0.3) is 11.5 Å². The van der Waals surface area contributed by atoms with Gasteiger partial charge in [-0.15, -0.1) is 0 Å². The van der Waals surface area contributed by atoms with Gasteiger partial charge in [-0.2, -0.15) is 4.98 Å². The molecule has 0 radical (unpaired) electrons. The maximum atomic E-state index is 5.75. The van der Waals surface area contributed by atoms with Gasteiger partial charge in [0.2, 0.25) is 11.7 Å². The molecule has 16 heavy (non-hydrogen) atoms. The molecule has 0 aromatic carbocycles. The molecule has 0 unspecified atom stereocenters. The molecule has 0 saturated carbocycles. The van der Waals surface area contributed by atoms with Crippen LogP contribution in [0.15, 0.2) is 22.9 Å². The van der Waals surface area contributed by atoms with Crippen LogP contribution in [0.5, 0.6) is 0 Å². The summed E-state index contributed by atoms with van der Waals surface area (Å²) >= 11 is 5.75. The van der Waals surface area contributed by atoms with Crippen LogP contribution in [-0.2, 0) is 0 Å². The molecule has 82 valence electrons. The zero-order chi connectivity index (χ0) is 11.0. The van der Waals surface area contributed by atoms with E-state index in [2.05, 4.69) is 20.4 Å². The first-order valence-electron chi connectivity index (χ1n) is 4.99.